The number of ether oxygens (including phenoxy) is 6. The number of carbonyl (C=O) groups is 1. The molecule has 2 aliphatic heterocycles. The zero-order valence-corrected chi connectivity index (χ0v) is 19.1. The molecule has 7 heteroatoms. The van der Waals surface area contributed by atoms with E-state index in [1.165, 1.54) is 7.11 Å². The van der Waals surface area contributed by atoms with Gasteiger partial charge in [0.05, 0.1) is 25.4 Å². The summed E-state index contributed by atoms with van der Waals surface area (Å²) in [4.78, 5) is 13.0. The smallest absolute Gasteiger partial charge is 0.341 e. The Morgan fingerprint density at radius 2 is 1.94 bits per heavy atom. The van der Waals surface area contributed by atoms with E-state index in [1.54, 1.807) is 6.07 Å². The number of unbranched alkanes of at least 4 members (excludes halogenated alkanes) is 1. The Morgan fingerprint density at radius 1 is 1.15 bits per heavy atom. The Hall–Kier alpha value is -3.61. The monoisotopic (exact) mass is 452 g/mol. The lowest BCUT2D eigenvalue weighted by Crippen LogP contribution is -2.25. The average Bonchev–Trinajstić information content (AvgIpc) is 3.28. The van der Waals surface area contributed by atoms with Crippen molar-refractivity contribution in [1.82, 2.24) is 0 Å². The van der Waals surface area contributed by atoms with E-state index in [0.717, 1.165) is 18.4 Å². The predicted octanol–water partition coefficient (Wildman–Crippen LogP) is 5.20. The molecule has 2 aliphatic rings. The lowest BCUT2D eigenvalue weighted by atomic mass is 9.94. The lowest BCUT2D eigenvalue weighted by Gasteiger charge is -2.30. The summed E-state index contributed by atoms with van der Waals surface area (Å²) in [6.45, 7) is 8.22. The van der Waals surface area contributed by atoms with Gasteiger partial charge in [-0.05, 0) is 57.0 Å². The molecule has 0 saturated heterocycles. The largest absolute Gasteiger partial charge is 0.492 e. The molecule has 0 fully saturated rings. The van der Waals surface area contributed by atoms with Crippen molar-refractivity contribution in [2.75, 3.05) is 20.5 Å². The van der Waals surface area contributed by atoms with Crippen molar-refractivity contribution in [3.8, 4) is 23.0 Å². The van der Waals surface area contributed by atoms with Crippen LogP contribution in [0.4, 0.5) is 0 Å². The molecule has 2 aromatic carbocycles. The predicted molar refractivity (Wildman–Crippen MR) is 122 cm³/mol. The number of carbonyl (C=O) groups excluding carboxylic acids is 1. The van der Waals surface area contributed by atoms with Gasteiger partial charge in [0, 0.05) is 5.56 Å². The van der Waals surface area contributed by atoms with Gasteiger partial charge in [0.25, 0.3) is 0 Å². The average molecular weight is 453 g/mol. The molecule has 0 amide bonds. The minimum Gasteiger partial charge on any atom is -0.492 e. The van der Waals surface area contributed by atoms with E-state index in [9.17, 15) is 4.79 Å². The Kier molecular flexibility index (Phi) is 6.77. The number of esters is 1. The van der Waals surface area contributed by atoms with E-state index in [2.05, 4.69) is 6.58 Å². The van der Waals surface area contributed by atoms with Crippen molar-refractivity contribution in [1.29, 1.82) is 0 Å². The summed E-state index contributed by atoms with van der Waals surface area (Å²) in [5.41, 5.74) is 1.65. The summed E-state index contributed by atoms with van der Waals surface area (Å²) >= 11 is 0. The zero-order chi connectivity index (χ0) is 23.4. The molecule has 7 nitrogen and oxygen atoms in total. The van der Waals surface area contributed by atoms with E-state index >= 15 is 0 Å². The minimum atomic E-state index is -0.745. The molecule has 0 N–H and O–H groups in total. The highest BCUT2D eigenvalue weighted by Crippen LogP contribution is 2.46. The number of fused-ring (bicyclic) bond motifs is 2. The van der Waals surface area contributed by atoms with Gasteiger partial charge in [-0.3, -0.25) is 0 Å². The molecule has 0 bridgehead atoms. The molecule has 1 atom stereocenters. The molecule has 0 aromatic heterocycles. The Balaban J connectivity index is 1.81. The first kappa shape index (κ1) is 22.6. The normalized spacial score (nSPS) is 16.2. The van der Waals surface area contributed by atoms with E-state index < -0.39 is 12.1 Å². The van der Waals surface area contributed by atoms with Crippen molar-refractivity contribution in [2.24, 2.45) is 0 Å². The van der Waals surface area contributed by atoms with Gasteiger partial charge in [-0.15, -0.1) is 6.58 Å². The summed E-state index contributed by atoms with van der Waals surface area (Å²) in [7, 11) is 1.34. The first-order chi connectivity index (χ1) is 16.0. The van der Waals surface area contributed by atoms with Gasteiger partial charge in [-0.1, -0.05) is 12.1 Å². The first-order valence-corrected chi connectivity index (χ1v) is 10.9. The Bertz CT molecular complexity index is 1070. The fourth-order valence-electron chi connectivity index (χ4n) is 3.76. The second kappa shape index (κ2) is 9.90. The van der Waals surface area contributed by atoms with Gasteiger partial charge < -0.3 is 28.4 Å². The fourth-order valence-corrected chi connectivity index (χ4v) is 3.76. The van der Waals surface area contributed by atoms with Crippen LogP contribution in [0.3, 0.4) is 0 Å². The highest BCUT2D eigenvalue weighted by atomic mass is 16.7. The third kappa shape index (κ3) is 4.77. The third-order valence-electron chi connectivity index (χ3n) is 5.22. The molecule has 0 aliphatic carbocycles. The second-order valence-electron chi connectivity index (χ2n) is 7.95. The molecule has 2 aromatic rings. The van der Waals surface area contributed by atoms with Crippen LogP contribution in [0, 0.1) is 0 Å². The van der Waals surface area contributed by atoms with Gasteiger partial charge in [0.2, 0.25) is 6.79 Å². The Labute approximate surface area is 193 Å². The highest BCUT2D eigenvalue weighted by molar-refractivity contribution is 5.99. The van der Waals surface area contributed by atoms with Crippen LogP contribution in [0.2, 0.25) is 0 Å². The molecule has 174 valence electrons. The van der Waals surface area contributed by atoms with Crippen molar-refractivity contribution >= 4 is 11.7 Å². The van der Waals surface area contributed by atoms with Crippen molar-refractivity contribution < 1.29 is 33.2 Å². The summed E-state index contributed by atoms with van der Waals surface area (Å²) in [6, 6.07) is 11.0. The quantitative estimate of drug-likeness (QED) is 0.294. The number of methoxy groups -OCH3 is 1. The van der Waals surface area contributed by atoms with Gasteiger partial charge in [-0.2, -0.15) is 0 Å². The maximum Gasteiger partial charge on any atom is 0.341 e. The van der Waals surface area contributed by atoms with Gasteiger partial charge >= 0.3 is 5.97 Å². The van der Waals surface area contributed by atoms with Crippen molar-refractivity contribution in [3.05, 3.63) is 65.8 Å². The van der Waals surface area contributed by atoms with E-state index in [-0.39, 0.29) is 18.5 Å². The van der Waals surface area contributed by atoms with Crippen LogP contribution in [0.15, 0.2) is 54.6 Å². The molecular weight excluding hydrogens is 424 g/mol. The maximum absolute atomic E-state index is 13.0. The molecule has 0 saturated carbocycles. The third-order valence-corrected chi connectivity index (χ3v) is 5.22. The number of benzene rings is 2. The number of hydrogen-bond acceptors (Lipinski definition) is 7. The lowest BCUT2D eigenvalue weighted by molar-refractivity contribution is -0.137. The highest BCUT2D eigenvalue weighted by Gasteiger charge is 2.37. The molecule has 33 heavy (non-hydrogen) atoms. The van der Waals surface area contributed by atoms with Crippen LogP contribution in [0.1, 0.15) is 43.9 Å². The molecule has 0 spiro atoms. The van der Waals surface area contributed by atoms with Crippen molar-refractivity contribution in [2.45, 2.75) is 38.9 Å². The molecule has 0 radical (unpaired) electrons. The SMILES string of the molecule is C=CCCCOC1=C(C(=O)OC)C(c2ccc3c(c2)OCO3)Oc2ccc(OC(C)C)cc21. The molecule has 2 heterocycles. The summed E-state index contributed by atoms with van der Waals surface area (Å²) < 4.78 is 34.5. The van der Waals surface area contributed by atoms with Gasteiger partial charge in [-0.25, -0.2) is 4.79 Å². The van der Waals surface area contributed by atoms with Crippen LogP contribution in [0.5, 0.6) is 23.0 Å². The maximum atomic E-state index is 13.0. The number of rotatable bonds is 9. The number of allylic oxidation sites excluding steroid dienone is 1. The van der Waals surface area contributed by atoms with Gasteiger partial charge in [0.1, 0.15) is 22.8 Å². The number of hydrogen-bond donors (Lipinski definition) is 0. The van der Waals surface area contributed by atoms with Crippen LogP contribution in [0.25, 0.3) is 5.76 Å². The van der Waals surface area contributed by atoms with Crippen LogP contribution < -0.4 is 18.9 Å². The molecular formula is C26H28O7. The Morgan fingerprint density at radius 3 is 2.70 bits per heavy atom. The first-order valence-electron chi connectivity index (χ1n) is 10.9. The van der Waals surface area contributed by atoms with Crippen LogP contribution in [-0.2, 0) is 14.3 Å². The van der Waals surface area contributed by atoms with E-state index in [0.29, 0.717) is 40.9 Å². The molecule has 4 rings (SSSR count). The van der Waals surface area contributed by atoms with Gasteiger partial charge in [0.15, 0.2) is 17.6 Å². The minimum absolute atomic E-state index is 0.00467. The zero-order valence-electron chi connectivity index (χ0n) is 19.1. The summed E-state index contributed by atoms with van der Waals surface area (Å²) in [5, 5.41) is 0. The fraction of sp³-hybridized carbons (Fsp3) is 0.346. The van der Waals surface area contributed by atoms with Crippen LogP contribution >= 0.6 is 0 Å². The summed E-state index contributed by atoms with van der Waals surface area (Å²) in [5.74, 6) is 2.38. The molecule has 1 unspecified atom stereocenters. The standard InChI is InChI=1S/C26H28O7/c1-5-6-7-12-29-25-19-14-18(32-16(2)3)9-11-20(19)33-24(23(25)26(27)28-4)17-8-10-21-22(13-17)31-15-30-21/h5,8-11,13-14,16,24H,1,6-7,12,15H2,2-4H3. The summed E-state index contributed by atoms with van der Waals surface area (Å²) in [6.07, 6.45) is 2.64. The van der Waals surface area contributed by atoms with E-state index in [1.807, 2.05) is 50.3 Å². The van der Waals surface area contributed by atoms with Crippen molar-refractivity contribution in [3.63, 3.8) is 0 Å². The second-order valence-corrected chi connectivity index (χ2v) is 7.95. The topological polar surface area (TPSA) is 72.5 Å². The van der Waals surface area contributed by atoms with E-state index in [4.69, 9.17) is 28.4 Å². The van der Waals surface area contributed by atoms with Crippen LogP contribution in [-0.4, -0.2) is 32.6 Å².